The van der Waals surface area contributed by atoms with Gasteiger partial charge in [0.1, 0.15) is 0 Å². The van der Waals surface area contributed by atoms with Crippen molar-refractivity contribution < 1.29 is 35.2 Å². The lowest BCUT2D eigenvalue weighted by atomic mass is 10.1. The highest BCUT2D eigenvalue weighted by Gasteiger charge is 2.30. The summed E-state index contributed by atoms with van der Waals surface area (Å²) >= 11 is 0. The molecule has 0 atom stereocenters. The fourth-order valence-corrected chi connectivity index (χ4v) is 3.61. The average Bonchev–Trinajstić information content (AvgIpc) is 2.64. The first kappa shape index (κ1) is 23.6. The molecule has 0 bridgehead atoms. The average molecular weight is 450 g/mol. The molecule has 0 radical (unpaired) electrons. The third-order valence-electron chi connectivity index (χ3n) is 4.10. The van der Waals surface area contributed by atoms with E-state index in [0.717, 1.165) is 40.9 Å². The van der Waals surface area contributed by atoms with E-state index in [1.165, 1.54) is 12.1 Å². The lowest BCUT2D eigenvalue weighted by Crippen LogP contribution is -2.32. The first-order chi connectivity index (χ1) is 13.9. The molecule has 0 spiro atoms. The third kappa shape index (κ3) is 6.68. The van der Waals surface area contributed by atoms with Gasteiger partial charge in [-0.05, 0) is 36.2 Å². The summed E-state index contributed by atoms with van der Waals surface area (Å²) in [6.45, 7) is -0.289. The van der Waals surface area contributed by atoms with Crippen molar-refractivity contribution in [2.75, 3.05) is 17.1 Å². The third-order valence-corrected chi connectivity index (χ3v) is 5.29. The fraction of sp³-hybridized carbons (Fsp3) is 0.316. The molecular weight excluding hydrogens is 431 g/mol. The Hall–Kier alpha value is -2.69. The number of alkyl halides is 3. The second-order valence-corrected chi connectivity index (χ2v) is 8.42. The predicted molar refractivity (Wildman–Crippen MR) is 101 cm³/mol. The molecular formula is C19H19F5N2O3S. The smallest absolute Gasteiger partial charge is 0.352 e. The minimum Gasteiger partial charge on any atom is -0.352 e. The zero-order valence-corrected chi connectivity index (χ0v) is 16.7. The molecule has 2 aromatic carbocycles. The van der Waals surface area contributed by atoms with E-state index in [2.05, 4.69) is 5.32 Å². The first-order valence-electron chi connectivity index (χ1n) is 8.73. The summed E-state index contributed by atoms with van der Waals surface area (Å²) in [5.41, 5.74) is -0.650. The summed E-state index contributed by atoms with van der Waals surface area (Å²) in [5, 5.41) is 2.46. The highest BCUT2D eigenvalue weighted by Crippen LogP contribution is 2.29. The van der Waals surface area contributed by atoms with Crippen molar-refractivity contribution in [3.8, 4) is 0 Å². The number of rotatable bonds is 8. The molecule has 30 heavy (non-hydrogen) atoms. The van der Waals surface area contributed by atoms with Crippen LogP contribution in [0.4, 0.5) is 27.6 Å². The molecule has 2 aromatic rings. The molecule has 2 rings (SSSR count). The van der Waals surface area contributed by atoms with Gasteiger partial charge in [0.2, 0.25) is 15.9 Å². The van der Waals surface area contributed by atoms with E-state index >= 15 is 0 Å². The first-order valence-corrected chi connectivity index (χ1v) is 10.6. The van der Waals surface area contributed by atoms with Crippen molar-refractivity contribution in [3.05, 3.63) is 65.2 Å². The Kier molecular flexibility index (Phi) is 7.40. The summed E-state index contributed by atoms with van der Waals surface area (Å²) in [7, 11) is -3.81. The van der Waals surface area contributed by atoms with Gasteiger partial charge in [0.05, 0.1) is 17.5 Å². The number of benzene rings is 2. The van der Waals surface area contributed by atoms with Gasteiger partial charge < -0.3 is 5.32 Å². The van der Waals surface area contributed by atoms with Gasteiger partial charge in [-0.1, -0.05) is 12.1 Å². The zero-order chi connectivity index (χ0) is 22.5. The van der Waals surface area contributed by atoms with Gasteiger partial charge in [0.25, 0.3) is 0 Å². The second kappa shape index (κ2) is 9.41. The van der Waals surface area contributed by atoms with E-state index in [-0.39, 0.29) is 37.2 Å². The fourth-order valence-electron chi connectivity index (χ4n) is 2.66. The number of carbonyl (C=O) groups excluding carboxylic acids is 1. The van der Waals surface area contributed by atoms with E-state index in [1.54, 1.807) is 0 Å². The summed E-state index contributed by atoms with van der Waals surface area (Å²) < 4.78 is 89.3. The molecule has 164 valence electrons. The molecule has 1 amide bonds. The van der Waals surface area contributed by atoms with Crippen LogP contribution < -0.4 is 9.62 Å². The van der Waals surface area contributed by atoms with Gasteiger partial charge in [-0.3, -0.25) is 9.10 Å². The van der Waals surface area contributed by atoms with Crippen LogP contribution in [0.5, 0.6) is 0 Å². The maximum atomic E-state index is 13.4. The Morgan fingerprint density at radius 1 is 1.07 bits per heavy atom. The maximum absolute atomic E-state index is 13.4. The number of hydrogen-bond donors (Lipinski definition) is 1. The van der Waals surface area contributed by atoms with Crippen LogP contribution in [0.2, 0.25) is 0 Å². The monoisotopic (exact) mass is 450 g/mol. The van der Waals surface area contributed by atoms with E-state index < -0.39 is 39.3 Å². The van der Waals surface area contributed by atoms with Gasteiger partial charge in [-0.25, -0.2) is 17.2 Å². The largest absolute Gasteiger partial charge is 0.416 e. The molecule has 0 aromatic heterocycles. The van der Waals surface area contributed by atoms with E-state index in [4.69, 9.17) is 0 Å². The Bertz CT molecular complexity index is 1010. The van der Waals surface area contributed by atoms with Crippen LogP contribution >= 0.6 is 0 Å². The molecule has 0 saturated carbocycles. The van der Waals surface area contributed by atoms with Crippen molar-refractivity contribution in [2.45, 2.75) is 25.6 Å². The summed E-state index contributed by atoms with van der Waals surface area (Å²) in [5.74, 6) is -2.83. The molecule has 0 saturated heterocycles. The summed E-state index contributed by atoms with van der Waals surface area (Å²) in [6, 6.07) is 7.15. The molecule has 0 aliphatic heterocycles. The highest BCUT2D eigenvalue weighted by atomic mass is 32.2. The van der Waals surface area contributed by atoms with E-state index in [9.17, 15) is 35.2 Å². The normalized spacial score (nSPS) is 11.9. The number of anilines is 1. The van der Waals surface area contributed by atoms with Crippen molar-refractivity contribution in [2.24, 2.45) is 0 Å². The Morgan fingerprint density at radius 3 is 2.37 bits per heavy atom. The quantitative estimate of drug-likeness (QED) is 0.622. The topological polar surface area (TPSA) is 66.5 Å². The molecule has 1 N–H and O–H groups in total. The second-order valence-electron chi connectivity index (χ2n) is 6.51. The zero-order valence-electron chi connectivity index (χ0n) is 15.8. The number of nitrogens with one attached hydrogen (secondary N) is 1. The van der Waals surface area contributed by atoms with Gasteiger partial charge >= 0.3 is 6.18 Å². The highest BCUT2D eigenvalue weighted by molar-refractivity contribution is 7.92. The van der Waals surface area contributed by atoms with Gasteiger partial charge in [-0.15, -0.1) is 0 Å². The number of carbonyl (C=O) groups is 1. The Morgan fingerprint density at radius 2 is 1.77 bits per heavy atom. The molecule has 11 heteroatoms. The van der Waals surface area contributed by atoms with Crippen molar-refractivity contribution in [1.82, 2.24) is 5.32 Å². The number of nitrogens with zero attached hydrogens (tertiary/aromatic N) is 1. The van der Waals surface area contributed by atoms with Crippen LogP contribution in [0.1, 0.15) is 24.0 Å². The summed E-state index contributed by atoms with van der Waals surface area (Å²) in [4.78, 5) is 12.0. The summed E-state index contributed by atoms with van der Waals surface area (Å²) in [6.07, 6.45) is -3.66. The number of sulfonamides is 1. The van der Waals surface area contributed by atoms with Crippen molar-refractivity contribution >= 4 is 21.6 Å². The van der Waals surface area contributed by atoms with Gasteiger partial charge in [-0.2, -0.15) is 13.2 Å². The molecule has 0 fully saturated rings. The minimum absolute atomic E-state index is 0.0560. The Balaban J connectivity index is 1.92. The number of amides is 1. The predicted octanol–water partition coefficient (Wildman–Crippen LogP) is 3.85. The van der Waals surface area contributed by atoms with Crippen molar-refractivity contribution in [1.29, 1.82) is 0 Å². The minimum atomic E-state index is -4.49. The lowest BCUT2D eigenvalue weighted by molar-refractivity contribution is -0.137. The standard InChI is InChI=1S/C19H19F5N2O3S/c1-30(28,29)26(15-7-8-16(20)17(21)11-15)9-3-6-18(27)25-12-13-4-2-5-14(10-13)19(22,23)24/h2,4-5,7-8,10-11H,3,6,9,12H2,1H3,(H,25,27). The molecule has 5 nitrogen and oxygen atoms in total. The number of halogens is 5. The van der Waals surface area contributed by atoms with Crippen LogP contribution in [0.15, 0.2) is 42.5 Å². The van der Waals surface area contributed by atoms with Gasteiger partial charge in [0.15, 0.2) is 11.6 Å². The van der Waals surface area contributed by atoms with Crippen LogP contribution in [-0.4, -0.2) is 27.1 Å². The van der Waals surface area contributed by atoms with Crippen LogP contribution in [-0.2, 0) is 27.5 Å². The Labute approximate surface area is 170 Å². The van der Waals surface area contributed by atoms with Crippen LogP contribution in [0.3, 0.4) is 0 Å². The molecule has 0 aliphatic rings. The maximum Gasteiger partial charge on any atom is 0.416 e. The lowest BCUT2D eigenvalue weighted by Gasteiger charge is -2.22. The molecule has 0 unspecified atom stereocenters. The van der Waals surface area contributed by atoms with E-state index in [0.29, 0.717) is 0 Å². The van der Waals surface area contributed by atoms with Crippen LogP contribution in [0, 0.1) is 11.6 Å². The van der Waals surface area contributed by atoms with Gasteiger partial charge in [0, 0.05) is 25.6 Å². The van der Waals surface area contributed by atoms with E-state index in [1.807, 2.05) is 0 Å². The van der Waals surface area contributed by atoms with Crippen molar-refractivity contribution in [3.63, 3.8) is 0 Å². The number of hydrogen-bond acceptors (Lipinski definition) is 3. The van der Waals surface area contributed by atoms with Crippen LogP contribution in [0.25, 0.3) is 0 Å². The SMILES string of the molecule is CS(=O)(=O)N(CCCC(=O)NCc1cccc(C(F)(F)F)c1)c1ccc(F)c(F)c1. The molecule has 0 aliphatic carbocycles. The molecule has 0 heterocycles.